The minimum absolute atomic E-state index is 0.0759. The number of nitrogens with zero attached hydrogens (tertiary/aromatic N) is 3. The lowest BCUT2D eigenvalue weighted by Crippen LogP contribution is -2.51. The molecule has 0 radical (unpaired) electrons. The number of hydrogen-bond acceptors (Lipinski definition) is 6. The van der Waals surface area contributed by atoms with Gasteiger partial charge in [-0.3, -0.25) is 4.79 Å². The summed E-state index contributed by atoms with van der Waals surface area (Å²) in [6.07, 6.45) is 4.26. The summed E-state index contributed by atoms with van der Waals surface area (Å²) in [5.74, 6) is 0.516. The minimum Gasteiger partial charge on any atom is -0.453 e. The molecule has 9 heteroatoms. The molecule has 4 rings (SSSR count). The lowest BCUT2D eigenvalue weighted by molar-refractivity contribution is -0.135. The van der Waals surface area contributed by atoms with Crippen LogP contribution in [0.15, 0.2) is 29.1 Å². The van der Waals surface area contributed by atoms with Crippen molar-refractivity contribution in [2.75, 3.05) is 13.7 Å². The predicted octanol–water partition coefficient (Wildman–Crippen LogP) is 3.57. The third kappa shape index (κ3) is 3.87. The first-order valence-electron chi connectivity index (χ1n) is 10.4. The molecule has 2 amide bonds. The number of aryl methyl sites for hydroxylation is 1. The van der Waals surface area contributed by atoms with Gasteiger partial charge in [0.15, 0.2) is 12.0 Å². The summed E-state index contributed by atoms with van der Waals surface area (Å²) >= 11 is 0. The third-order valence-electron chi connectivity index (χ3n) is 5.81. The van der Waals surface area contributed by atoms with Crippen LogP contribution in [0.25, 0.3) is 22.4 Å². The van der Waals surface area contributed by atoms with Gasteiger partial charge in [0.2, 0.25) is 5.91 Å². The topological polar surface area (TPSA) is 113 Å². The Morgan fingerprint density at radius 1 is 1.32 bits per heavy atom. The average Bonchev–Trinajstić information content (AvgIpc) is 3.51. The van der Waals surface area contributed by atoms with E-state index in [0.717, 1.165) is 46.6 Å². The summed E-state index contributed by atoms with van der Waals surface area (Å²) < 4.78 is 10.2. The number of likely N-dealkylation sites (tertiary alicyclic amines) is 1. The van der Waals surface area contributed by atoms with Crippen LogP contribution in [0.1, 0.15) is 44.1 Å². The molecule has 0 unspecified atom stereocenters. The molecule has 1 saturated heterocycles. The molecule has 3 aromatic rings. The van der Waals surface area contributed by atoms with Gasteiger partial charge in [-0.15, -0.1) is 0 Å². The lowest BCUT2D eigenvalue weighted by atomic mass is 10.0. The Morgan fingerprint density at radius 3 is 2.87 bits per heavy atom. The van der Waals surface area contributed by atoms with E-state index in [1.54, 1.807) is 11.1 Å². The molecule has 1 aromatic carbocycles. The molecule has 164 valence electrons. The van der Waals surface area contributed by atoms with E-state index < -0.39 is 12.1 Å². The quantitative estimate of drug-likeness (QED) is 0.646. The van der Waals surface area contributed by atoms with Crippen LogP contribution >= 0.6 is 0 Å². The number of ether oxygens (including phenoxy) is 1. The van der Waals surface area contributed by atoms with E-state index >= 15 is 0 Å². The number of carbonyl (C=O) groups excluding carboxylic acids is 2. The van der Waals surface area contributed by atoms with Gasteiger partial charge >= 0.3 is 6.09 Å². The fourth-order valence-electron chi connectivity index (χ4n) is 4.13. The summed E-state index contributed by atoms with van der Waals surface area (Å²) in [6, 6.07) is 3.14. The summed E-state index contributed by atoms with van der Waals surface area (Å²) in [7, 11) is 1.29. The minimum atomic E-state index is -0.658. The van der Waals surface area contributed by atoms with Gasteiger partial charge in [0, 0.05) is 12.1 Å². The van der Waals surface area contributed by atoms with Crippen molar-refractivity contribution >= 4 is 23.1 Å². The van der Waals surface area contributed by atoms with Crippen LogP contribution < -0.4 is 5.32 Å². The van der Waals surface area contributed by atoms with E-state index in [-0.39, 0.29) is 17.9 Å². The van der Waals surface area contributed by atoms with E-state index in [2.05, 4.69) is 20.3 Å². The highest BCUT2D eigenvalue weighted by molar-refractivity contribution is 5.91. The molecule has 2 atom stereocenters. The Kier molecular flexibility index (Phi) is 5.67. The molecule has 1 fully saturated rings. The number of alkyl carbamates (subject to hydrolysis) is 1. The van der Waals surface area contributed by atoms with Crippen molar-refractivity contribution < 1.29 is 18.7 Å². The molecule has 0 aliphatic carbocycles. The molecule has 1 aliphatic rings. The zero-order valence-electron chi connectivity index (χ0n) is 18.1. The smallest absolute Gasteiger partial charge is 0.407 e. The Hall–Kier alpha value is -3.36. The maximum absolute atomic E-state index is 13.3. The highest BCUT2D eigenvalue weighted by Crippen LogP contribution is 2.34. The number of imidazole rings is 1. The van der Waals surface area contributed by atoms with Crippen molar-refractivity contribution in [3.63, 3.8) is 0 Å². The highest BCUT2D eigenvalue weighted by atomic mass is 16.5. The SMILES string of the molecule is COC(=O)N[C@H](C(=O)N1CCC[C@H]1c1ncc(-c2ccc(C)c3ocnc23)[nH]1)C(C)C. The number of nitrogens with one attached hydrogen (secondary N) is 2. The standard InChI is InChI=1S/C22H27N5O4/c1-12(2)17(26-22(29)30-4)21(28)27-9-5-6-16(27)20-23-10-15(25-20)14-8-7-13(3)19-18(14)24-11-31-19/h7-8,10-12,16-17H,5-6,9H2,1-4H3,(H,23,25)(H,26,29)/t16-,17-/m0/s1. The van der Waals surface area contributed by atoms with Crippen LogP contribution in [0.4, 0.5) is 4.79 Å². The van der Waals surface area contributed by atoms with Crippen molar-refractivity contribution in [2.24, 2.45) is 5.92 Å². The van der Waals surface area contributed by atoms with Gasteiger partial charge in [-0.05, 0) is 31.2 Å². The van der Waals surface area contributed by atoms with E-state index in [1.807, 2.05) is 32.9 Å². The van der Waals surface area contributed by atoms with Crippen LogP contribution in [0, 0.1) is 12.8 Å². The van der Waals surface area contributed by atoms with E-state index in [4.69, 9.17) is 9.15 Å². The first kappa shape index (κ1) is 20.9. The molecule has 1 aliphatic heterocycles. The zero-order valence-corrected chi connectivity index (χ0v) is 18.1. The molecule has 2 N–H and O–H groups in total. The Morgan fingerprint density at radius 2 is 2.13 bits per heavy atom. The van der Waals surface area contributed by atoms with Crippen molar-refractivity contribution in [1.82, 2.24) is 25.2 Å². The van der Waals surface area contributed by atoms with Gasteiger partial charge in [0.05, 0.1) is 25.0 Å². The Bertz CT molecular complexity index is 1100. The van der Waals surface area contributed by atoms with Crippen LogP contribution in [-0.4, -0.2) is 51.5 Å². The normalized spacial score (nSPS) is 17.3. The lowest BCUT2D eigenvalue weighted by Gasteiger charge is -2.30. The van der Waals surface area contributed by atoms with E-state index in [9.17, 15) is 9.59 Å². The van der Waals surface area contributed by atoms with Crippen molar-refractivity contribution in [3.05, 3.63) is 36.1 Å². The van der Waals surface area contributed by atoms with Gasteiger partial charge < -0.3 is 24.4 Å². The Balaban J connectivity index is 1.60. The molecule has 9 nitrogen and oxygen atoms in total. The molecular formula is C22H27N5O4. The molecule has 31 heavy (non-hydrogen) atoms. The van der Waals surface area contributed by atoms with Gasteiger partial charge in [0.1, 0.15) is 17.4 Å². The number of fused-ring (bicyclic) bond motifs is 1. The van der Waals surface area contributed by atoms with Crippen molar-refractivity contribution in [1.29, 1.82) is 0 Å². The monoisotopic (exact) mass is 425 g/mol. The third-order valence-corrected chi connectivity index (χ3v) is 5.81. The van der Waals surface area contributed by atoms with Crippen molar-refractivity contribution in [2.45, 2.75) is 45.7 Å². The maximum atomic E-state index is 13.3. The number of methoxy groups -OCH3 is 1. The van der Waals surface area contributed by atoms with Crippen molar-refractivity contribution in [3.8, 4) is 11.3 Å². The number of H-pyrrole nitrogens is 1. The van der Waals surface area contributed by atoms with Crippen LogP contribution in [0.2, 0.25) is 0 Å². The van der Waals surface area contributed by atoms with E-state index in [0.29, 0.717) is 6.54 Å². The van der Waals surface area contributed by atoms with Gasteiger partial charge in [-0.1, -0.05) is 26.0 Å². The molecule has 2 aromatic heterocycles. The molecular weight excluding hydrogens is 398 g/mol. The Labute approximate surface area is 180 Å². The second kappa shape index (κ2) is 8.41. The second-order valence-corrected chi connectivity index (χ2v) is 8.19. The predicted molar refractivity (Wildman–Crippen MR) is 114 cm³/mol. The van der Waals surface area contributed by atoms with Crippen LogP contribution in [-0.2, 0) is 9.53 Å². The number of hydrogen-bond donors (Lipinski definition) is 2. The number of benzene rings is 1. The molecule has 3 heterocycles. The largest absolute Gasteiger partial charge is 0.453 e. The summed E-state index contributed by atoms with van der Waals surface area (Å²) in [4.78, 5) is 39.1. The van der Waals surface area contributed by atoms with Gasteiger partial charge in [-0.2, -0.15) is 0 Å². The van der Waals surface area contributed by atoms with Crippen LogP contribution in [0.5, 0.6) is 0 Å². The maximum Gasteiger partial charge on any atom is 0.407 e. The van der Waals surface area contributed by atoms with Gasteiger partial charge in [0.25, 0.3) is 0 Å². The molecule has 0 bridgehead atoms. The fourth-order valence-corrected chi connectivity index (χ4v) is 4.13. The first-order valence-corrected chi connectivity index (χ1v) is 10.4. The first-order chi connectivity index (χ1) is 14.9. The van der Waals surface area contributed by atoms with Gasteiger partial charge in [-0.25, -0.2) is 14.8 Å². The summed E-state index contributed by atoms with van der Waals surface area (Å²) in [5.41, 5.74) is 4.26. The average molecular weight is 425 g/mol. The summed E-state index contributed by atoms with van der Waals surface area (Å²) in [6.45, 7) is 6.39. The molecule has 0 spiro atoms. The van der Waals surface area contributed by atoms with E-state index in [1.165, 1.54) is 13.5 Å². The number of amides is 2. The highest BCUT2D eigenvalue weighted by Gasteiger charge is 2.37. The second-order valence-electron chi connectivity index (χ2n) is 8.19. The fraction of sp³-hybridized carbons (Fsp3) is 0.455. The zero-order chi connectivity index (χ0) is 22.1. The van der Waals surface area contributed by atoms with Crippen LogP contribution in [0.3, 0.4) is 0 Å². The number of aromatic amines is 1. The number of oxazole rings is 1. The number of carbonyl (C=O) groups is 2. The molecule has 0 saturated carbocycles. The number of aromatic nitrogens is 3. The summed E-state index contributed by atoms with van der Waals surface area (Å²) in [5, 5.41) is 2.67. The number of rotatable bonds is 5.